The van der Waals surface area contributed by atoms with Crippen LogP contribution in [0.5, 0.6) is 0 Å². The average molecular weight is 330 g/mol. The summed E-state index contributed by atoms with van der Waals surface area (Å²) < 4.78 is 0.918. The standard InChI is InChI=1S/C15H12BrN3O/c1-9-11(16)6-7-14(17-9)19-15(20)13-8-10-4-2-3-5-12(10)18-13/h2-8,18H,1H3,(H,17,19,20). The number of anilines is 1. The van der Waals surface area contributed by atoms with Crippen LogP contribution in [0.2, 0.25) is 0 Å². The molecule has 0 saturated heterocycles. The van der Waals surface area contributed by atoms with Gasteiger partial charge in [-0.3, -0.25) is 4.79 Å². The third-order valence-corrected chi connectivity index (χ3v) is 3.88. The van der Waals surface area contributed by atoms with E-state index in [2.05, 4.69) is 31.2 Å². The Bertz CT molecular complexity index is 762. The van der Waals surface area contributed by atoms with Gasteiger partial charge in [0.05, 0.1) is 5.69 Å². The summed E-state index contributed by atoms with van der Waals surface area (Å²) in [6.45, 7) is 1.88. The molecule has 0 aliphatic carbocycles. The second-order valence-electron chi connectivity index (χ2n) is 4.49. The lowest BCUT2D eigenvalue weighted by molar-refractivity contribution is 0.102. The minimum absolute atomic E-state index is 0.199. The fraction of sp³-hybridized carbons (Fsp3) is 0.0667. The number of nitrogens with zero attached hydrogens (tertiary/aromatic N) is 1. The second-order valence-corrected chi connectivity index (χ2v) is 5.34. The summed E-state index contributed by atoms with van der Waals surface area (Å²) in [5, 5.41) is 3.80. The number of amides is 1. The van der Waals surface area contributed by atoms with Crippen LogP contribution in [0.25, 0.3) is 10.9 Å². The number of rotatable bonds is 2. The Labute approximate surface area is 124 Å². The number of aryl methyl sites for hydroxylation is 1. The first kappa shape index (κ1) is 12.9. The van der Waals surface area contributed by atoms with E-state index >= 15 is 0 Å². The fourth-order valence-electron chi connectivity index (χ4n) is 1.99. The molecule has 3 rings (SSSR count). The van der Waals surface area contributed by atoms with Crippen molar-refractivity contribution in [1.82, 2.24) is 9.97 Å². The number of pyridine rings is 1. The van der Waals surface area contributed by atoms with Crippen molar-refractivity contribution in [3.8, 4) is 0 Å². The molecular weight excluding hydrogens is 318 g/mol. The maximum atomic E-state index is 12.2. The van der Waals surface area contributed by atoms with E-state index in [0.717, 1.165) is 21.1 Å². The van der Waals surface area contributed by atoms with E-state index < -0.39 is 0 Å². The molecule has 5 heteroatoms. The number of fused-ring (bicyclic) bond motifs is 1. The Balaban J connectivity index is 1.86. The lowest BCUT2D eigenvalue weighted by Crippen LogP contribution is -2.13. The van der Waals surface area contributed by atoms with Crippen LogP contribution in [-0.2, 0) is 0 Å². The highest BCUT2D eigenvalue weighted by atomic mass is 79.9. The highest BCUT2D eigenvalue weighted by Gasteiger charge is 2.10. The number of hydrogen-bond donors (Lipinski definition) is 2. The highest BCUT2D eigenvalue weighted by molar-refractivity contribution is 9.10. The van der Waals surface area contributed by atoms with E-state index in [-0.39, 0.29) is 5.91 Å². The zero-order chi connectivity index (χ0) is 14.1. The predicted molar refractivity (Wildman–Crippen MR) is 82.9 cm³/mol. The molecule has 3 aromatic rings. The predicted octanol–water partition coefficient (Wildman–Crippen LogP) is 3.89. The Morgan fingerprint density at radius 1 is 1.25 bits per heavy atom. The van der Waals surface area contributed by atoms with Gasteiger partial charge >= 0.3 is 0 Å². The van der Waals surface area contributed by atoms with Gasteiger partial charge in [0.25, 0.3) is 5.91 Å². The number of nitrogens with one attached hydrogen (secondary N) is 2. The first-order valence-corrected chi connectivity index (χ1v) is 6.95. The molecule has 2 N–H and O–H groups in total. The summed E-state index contributed by atoms with van der Waals surface area (Å²) in [4.78, 5) is 19.6. The van der Waals surface area contributed by atoms with Crippen molar-refractivity contribution < 1.29 is 4.79 Å². The summed E-state index contributed by atoms with van der Waals surface area (Å²) >= 11 is 3.38. The van der Waals surface area contributed by atoms with Gasteiger partial charge in [0.1, 0.15) is 11.5 Å². The molecule has 1 amide bonds. The van der Waals surface area contributed by atoms with Gasteiger partial charge in [-0.2, -0.15) is 0 Å². The van der Waals surface area contributed by atoms with Gasteiger partial charge < -0.3 is 10.3 Å². The quantitative estimate of drug-likeness (QED) is 0.749. The fourth-order valence-corrected chi connectivity index (χ4v) is 2.21. The number of para-hydroxylation sites is 1. The smallest absolute Gasteiger partial charge is 0.273 e. The van der Waals surface area contributed by atoms with E-state index in [1.165, 1.54) is 0 Å². The molecule has 0 unspecified atom stereocenters. The van der Waals surface area contributed by atoms with Gasteiger partial charge in [0, 0.05) is 15.4 Å². The summed E-state index contributed by atoms with van der Waals surface area (Å²) in [6.07, 6.45) is 0. The van der Waals surface area contributed by atoms with Crippen molar-refractivity contribution in [1.29, 1.82) is 0 Å². The molecule has 0 fully saturated rings. The molecule has 0 spiro atoms. The van der Waals surface area contributed by atoms with Crippen molar-refractivity contribution in [2.75, 3.05) is 5.32 Å². The van der Waals surface area contributed by atoms with Gasteiger partial charge in [0.2, 0.25) is 0 Å². The highest BCUT2D eigenvalue weighted by Crippen LogP contribution is 2.18. The van der Waals surface area contributed by atoms with Crippen molar-refractivity contribution in [3.05, 3.63) is 58.3 Å². The summed E-state index contributed by atoms with van der Waals surface area (Å²) in [6, 6.07) is 13.2. The molecule has 2 heterocycles. The van der Waals surface area contributed by atoms with Gasteiger partial charge in [-0.05, 0) is 47.1 Å². The summed E-state index contributed by atoms with van der Waals surface area (Å²) in [5.74, 6) is 0.338. The minimum atomic E-state index is -0.199. The molecule has 0 atom stereocenters. The van der Waals surface area contributed by atoms with Gasteiger partial charge in [-0.1, -0.05) is 18.2 Å². The molecule has 0 aliphatic heterocycles. The van der Waals surface area contributed by atoms with Crippen LogP contribution >= 0.6 is 15.9 Å². The van der Waals surface area contributed by atoms with Gasteiger partial charge in [-0.25, -0.2) is 4.98 Å². The minimum Gasteiger partial charge on any atom is -0.351 e. The maximum absolute atomic E-state index is 12.2. The molecule has 0 saturated carbocycles. The third-order valence-electron chi connectivity index (χ3n) is 3.04. The van der Waals surface area contributed by atoms with E-state index in [1.807, 2.05) is 43.3 Å². The van der Waals surface area contributed by atoms with Crippen LogP contribution in [0.3, 0.4) is 0 Å². The maximum Gasteiger partial charge on any atom is 0.273 e. The lowest BCUT2D eigenvalue weighted by Gasteiger charge is -2.04. The number of aromatic nitrogens is 2. The number of hydrogen-bond acceptors (Lipinski definition) is 2. The van der Waals surface area contributed by atoms with Crippen LogP contribution in [0.1, 0.15) is 16.2 Å². The number of carbonyl (C=O) groups is 1. The molecule has 20 heavy (non-hydrogen) atoms. The monoisotopic (exact) mass is 329 g/mol. The second kappa shape index (κ2) is 5.09. The van der Waals surface area contributed by atoms with Crippen LogP contribution in [0, 0.1) is 6.92 Å². The normalized spacial score (nSPS) is 10.7. The average Bonchev–Trinajstić information content (AvgIpc) is 2.87. The zero-order valence-electron chi connectivity index (χ0n) is 10.8. The molecule has 2 aromatic heterocycles. The number of aromatic amines is 1. The molecule has 1 aromatic carbocycles. The van der Waals surface area contributed by atoms with E-state index in [4.69, 9.17) is 0 Å². The number of H-pyrrole nitrogens is 1. The van der Waals surface area contributed by atoms with Crippen LogP contribution in [0.15, 0.2) is 46.9 Å². The van der Waals surface area contributed by atoms with Crippen molar-refractivity contribution in [3.63, 3.8) is 0 Å². The third kappa shape index (κ3) is 2.44. The molecule has 0 bridgehead atoms. The molecule has 4 nitrogen and oxygen atoms in total. The van der Waals surface area contributed by atoms with E-state index in [9.17, 15) is 4.79 Å². The van der Waals surface area contributed by atoms with E-state index in [1.54, 1.807) is 6.07 Å². The van der Waals surface area contributed by atoms with Crippen LogP contribution in [-0.4, -0.2) is 15.9 Å². The van der Waals surface area contributed by atoms with Crippen molar-refractivity contribution >= 4 is 38.6 Å². The lowest BCUT2D eigenvalue weighted by atomic mass is 10.2. The molecule has 0 radical (unpaired) electrons. The van der Waals surface area contributed by atoms with Crippen molar-refractivity contribution in [2.45, 2.75) is 6.92 Å². The van der Waals surface area contributed by atoms with E-state index in [0.29, 0.717) is 11.5 Å². The summed E-state index contributed by atoms with van der Waals surface area (Å²) in [5.41, 5.74) is 2.30. The van der Waals surface area contributed by atoms with Crippen molar-refractivity contribution in [2.24, 2.45) is 0 Å². The van der Waals surface area contributed by atoms with Gasteiger partial charge in [0.15, 0.2) is 0 Å². The largest absolute Gasteiger partial charge is 0.351 e. The van der Waals surface area contributed by atoms with Crippen LogP contribution < -0.4 is 5.32 Å². The first-order valence-electron chi connectivity index (χ1n) is 6.16. The zero-order valence-corrected chi connectivity index (χ0v) is 12.4. The number of benzene rings is 1. The first-order chi connectivity index (χ1) is 9.63. The van der Waals surface area contributed by atoms with Gasteiger partial charge in [-0.15, -0.1) is 0 Å². The number of halogens is 1. The summed E-state index contributed by atoms with van der Waals surface area (Å²) in [7, 11) is 0. The SMILES string of the molecule is Cc1nc(NC(=O)c2cc3ccccc3[nH]2)ccc1Br. The Morgan fingerprint density at radius 2 is 2.05 bits per heavy atom. The molecular formula is C15H12BrN3O. The Kier molecular flexibility index (Phi) is 3.28. The number of carbonyl (C=O) groups excluding carboxylic acids is 1. The van der Waals surface area contributed by atoms with Crippen LogP contribution in [0.4, 0.5) is 5.82 Å². The molecule has 100 valence electrons. The Morgan fingerprint density at radius 3 is 2.80 bits per heavy atom. The topological polar surface area (TPSA) is 57.8 Å². The Hall–Kier alpha value is -2.14. The molecule has 0 aliphatic rings.